The van der Waals surface area contributed by atoms with Crippen LogP contribution in [-0.2, 0) is 12.8 Å². The summed E-state index contributed by atoms with van der Waals surface area (Å²) in [6.45, 7) is 0. The van der Waals surface area contributed by atoms with Crippen molar-refractivity contribution >= 4 is 56.3 Å². The SMILES string of the molecule is Nc1c(C(=O)Nc2ccc(Sc3ccc([N+](=O)[O-])cc3)cc2)sc2nc3c(cc12)CC(c1ccccc1)CC3. The van der Waals surface area contributed by atoms with Gasteiger partial charge in [0.1, 0.15) is 9.71 Å². The molecule has 0 saturated carbocycles. The standard InChI is InChI=1S/C30H24N4O3S2/c31-27-25-17-20-16-19(18-4-2-1-3-5-18)6-15-26(20)33-30(25)39-28(27)29(35)32-21-7-11-23(12-8-21)38-24-13-9-22(10-14-24)34(36)37/h1-5,7-14,17,19H,6,15-16,31H2,(H,32,35). The van der Waals surface area contributed by atoms with Gasteiger partial charge in [0.2, 0.25) is 0 Å². The molecule has 6 rings (SSSR count). The number of fused-ring (bicyclic) bond motifs is 2. The lowest BCUT2D eigenvalue weighted by molar-refractivity contribution is -0.384. The van der Waals surface area contributed by atoms with E-state index in [0.29, 0.717) is 22.2 Å². The Bertz CT molecular complexity index is 1680. The average Bonchev–Trinajstić information content (AvgIpc) is 3.28. The molecule has 1 amide bonds. The van der Waals surface area contributed by atoms with E-state index in [1.807, 2.05) is 30.3 Å². The summed E-state index contributed by atoms with van der Waals surface area (Å²) in [6, 6.07) is 26.6. The molecule has 0 radical (unpaired) electrons. The molecule has 2 heterocycles. The molecule has 0 fully saturated rings. The number of nitrogens with one attached hydrogen (secondary N) is 1. The van der Waals surface area contributed by atoms with Crippen LogP contribution in [0.4, 0.5) is 17.1 Å². The van der Waals surface area contributed by atoms with E-state index >= 15 is 0 Å². The fourth-order valence-corrected chi connectivity index (χ4v) is 6.74. The number of carbonyl (C=O) groups excluding carboxylic acids is 1. The Kier molecular flexibility index (Phi) is 6.76. The number of thiophene rings is 1. The highest BCUT2D eigenvalue weighted by atomic mass is 32.2. The molecule has 1 aliphatic rings. The van der Waals surface area contributed by atoms with E-state index in [2.05, 4.69) is 35.6 Å². The topological polar surface area (TPSA) is 111 Å². The van der Waals surface area contributed by atoms with Crippen LogP contribution in [0.1, 0.15) is 38.8 Å². The maximum absolute atomic E-state index is 13.2. The summed E-state index contributed by atoms with van der Waals surface area (Å²) in [6.07, 6.45) is 2.89. The number of non-ortho nitro benzene ring substituents is 1. The third-order valence-electron chi connectivity index (χ3n) is 6.96. The molecule has 1 atom stereocenters. The zero-order chi connectivity index (χ0) is 26.9. The predicted molar refractivity (Wildman–Crippen MR) is 157 cm³/mol. The van der Waals surface area contributed by atoms with E-state index in [1.165, 1.54) is 46.4 Å². The summed E-state index contributed by atoms with van der Waals surface area (Å²) in [4.78, 5) is 31.6. The van der Waals surface area contributed by atoms with Gasteiger partial charge in [-0.25, -0.2) is 4.98 Å². The zero-order valence-corrected chi connectivity index (χ0v) is 22.4. The molecule has 9 heteroatoms. The number of rotatable bonds is 6. The second-order valence-corrected chi connectivity index (χ2v) is 11.6. The van der Waals surface area contributed by atoms with Crippen LogP contribution >= 0.6 is 23.1 Å². The summed E-state index contributed by atoms with van der Waals surface area (Å²) in [5.41, 5.74) is 11.3. The number of aromatic nitrogens is 1. The predicted octanol–water partition coefficient (Wildman–Crippen LogP) is 7.46. The Labute approximate surface area is 233 Å². The highest BCUT2D eigenvalue weighted by molar-refractivity contribution is 7.99. The lowest BCUT2D eigenvalue weighted by atomic mass is 9.82. The quantitative estimate of drug-likeness (QED) is 0.167. The van der Waals surface area contributed by atoms with Crippen LogP contribution in [0.25, 0.3) is 10.2 Å². The number of nitrogens with two attached hydrogens (primary N) is 1. The van der Waals surface area contributed by atoms with Gasteiger partial charge in [-0.15, -0.1) is 11.3 Å². The first-order chi connectivity index (χ1) is 18.9. The minimum Gasteiger partial charge on any atom is -0.397 e. The van der Waals surface area contributed by atoms with Gasteiger partial charge >= 0.3 is 0 Å². The van der Waals surface area contributed by atoms with Gasteiger partial charge in [0.15, 0.2) is 0 Å². The molecular weight excluding hydrogens is 528 g/mol. The van der Waals surface area contributed by atoms with Crippen molar-refractivity contribution in [1.29, 1.82) is 0 Å². The van der Waals surface area contributed by atoms with Crippen molar-refractivity contribution in [3.63, 3.8) is 0 Å². The van der Waals surface area contributed by atoms with E-state index in [4.69, 9.17) is 10.7 Å². The van der Waals surface area contributed by atoms with Crippen molar-refractivity contribution < 1.29 is 9.72 Å². The first-order valence-corrected chi connectivity index (χ1v) is 14.2. The molecule has 194 valence electrons. The van der Waals surface area contributed by atoms with Gasteiger partial charge in [-0.3, -0.25) is 14.9 Å². The van der Waals surface area contributed by atoms with E-state index in [0.717, 1.165) is 45.0 Å². The number of anilines is 2. The molecule has 2 aromatic heterocycles. The molecule has 0 aliphatic heterocycles. The number of benzene rings is 3. The smallest absolute Gasteiger partial charge is 0.269 e. The van der Waals surface area contributed by atoms with Crippen LogP contribution in [0.15, 0.2) is 94.7 Å². The van der Waals surface area contributed by atoms with Crippen molar-refractivity contribution in [3.8, 4) is 0 Å². The lowest BCUT2D eigenvalue weighted by Crippen LogP contribution is -2.14. The number of nitrogen functional groups attached to an aromatic ring is 1. The maximum atomic E-state index is 13.2. The second-order valence-electron chi connectivity index (χ2n) is 9.47. The number of hydrogen-bond acceptors (Lipinski definition) is 7. The van der Waals surface area contributed by atoms with Crippen LogP contribution in [0, 0.1) is 10.1 Å². The van der Waals surface area contributed by atoms with E-state index in [1.54, 1.807) is 12.1 Å². The normalized spacial score (nSPS) is 14.6. The Balaban J connectivity index is 1.16. The number of nitrogens with zero attached hydrogens (tertiary/aromatic N) is 2. The molecule has 0 spiro atoms. The van der Waals surface area contributed by atoms with Gasteiger partial charge in [0, 0.05) is 38.7 Å². The summed E-state index contributed by atoms with van der Waals surface area (Å²) < 4.78 is 0. The van der Waals surface area contributed by atoms with Crippen LogP contribution in [0.3, 0.4) is 0 Å². The summed E-state index contributed by atoms with van der Waals surface area (Å²) in [5, 5.41) is 14.6. The van der Waals surface area contributed by atoms with Gasteiger partial charge < -0.3 is 11.1 Å². The summed E-state index contributed by atoms with van der Waals surface area (Å²) in [5.74, 6) is 0.202. The molecule has 0 bridgehead atoms. The first-order valence-electron chi connectivity index (χ1n) is 12.5. The van der Waals surface area contributed by atoms with Gasteiger partial charge in [0.05, 0.1) is 10.6 Å². The van der Waals surface area contributed by atoms with E-state index in [-0.39, 0.29) is 11.6 Å². The number of nitro groups is 1. The van der Waals surface area contributed by atoms with Gasteiger partial charge in [0.25, 0.3) is 11.6 Å². The van der Waals surface area contributed by atoms with E-state index < -0.39 is 4.92 Å². The second kappa shape index (κ2) is 10.5. The average molecular weight is 553 g/mol. The third-order valence-corrected chi connectivity index (χ3v) is 9.09. The molecule has 3 aromatic carbocycles. The highest BCUT2D eigenvalue weighted by Crippen LogP contribution is 2.39. The highest BCUT2D eigenvalue weighted by Gasteiger charge is 2.24. The van der Waals surface area contributed by atoms with Crippen molar-refractivity contribution in [2.24, 2.45) is 0 Å². The van der Waals surface area contributed by atoms with Crippen LogP contribution in [0.5, 0.6) is 0 Å². The third kappa shape index (κ3) is 5.23. The Hall–Kier alpha value is -4.21. The molecule has 1 aliphatic carbocycles. The molecule has 7 nitrogen and oxygen atoms in total. The molecule has 5 aromatic rings. The lowest BCUT2D eigenvalue weighted by Gasteiger charge is -2.24. The van der Waals surface area contributed by atoms with Crippen molar-refractivity contribution in [1.82, 2.24) is 4.98 Å². The fourth-order valence-electron chi connectivity index (χ4n) is 4.93. The number of aryl methyl sites for hydroxylation is 1. The van der Waals surface area contributed by atoms with Crippen LogP contribution < -0.4 is 11.1 Å². The largest absolute Gasteiger partial charge is 0.397 e. The Morgan fingerprint density at radius 1 is 1.03 bits per heavy atom. The Morgan fingerprint density at radius 2 is 1.72 bits per heavy atom. The number of pyridine rings is 1. The van der Waals surface area contributed by atoms with Crippen molar-refractivity contribution in [3.05, 3.63) is 117 Å². The van der Waals surface area contributed by atoms with Gasteiger partial charge in [-0.05, 0) is 78.8 Å². The van der Waals surface area contributed by atoms with Crippen molar-refractivity contribution in [2.75, 3.05) is 11.1 Å². The monoisotopic (exact) mass is 552 g/mol. The first kappa shape index (κ1) is 25.1. The Morgan fingerprint density at radius 3 is 2.41 bits per heavy atom. The molecule has 1 unspecified atom stereocenters. The number of nitro benzene ring substituents is 1. The summed E-state index contributed by atoms with van der Waals surface area (Å²) >= 11 is 2.82. The van der Waals surface area contributed by atoms with Crippen LogP contribution in [0.2, 0.25) is 0 Å². The number of amides is 1. The minimum atomic E-state index is -0.416. The summed E-state index contributed by atoms with van der Waals surface area (Å²) in [7, 11) is 0. The maximum Gasteiger partial charge on any atom is 0.269 e. The molecular formula is C30H24N4O3S2. The van der Waals surface area contributed by atoms with Crippen LogP contribution in [-0.4, -0.2) is 15.8 Å². The van der Waals surface area contributed by atoms with E-state index in [9.17, 15) is 14.9 Å². The fraction of sp³-hybridized carbons (Fsp3) is 0.133. The molecule has 39 heavy (non-hydrogen) atoms. The van der Waals surface area contributed by atoms with Crippen molar-refractivity contribution in [2.45, 2.75) is 35.0 Å². The molecule has 3 N–H and O–H groups in total. The zero-order valence-electron chi connectivity index (χ0n) is 20.8. The number of hydrogen-bond donors (Lipinski definition) is 2. The van der Waals surface area contributed by atoms with Gasteiger partial charge in [-0.2, -0.15) is 0 Å². The van der Waals surface area contributed by atoms with Gasteiger partial charge in [-0.1, -0.05) is 42.1 Å². The minimum absolute atomic E-state index is 0.0599. The number of carbonyl (C=O) groups is 1. The molecule has 0 saturated heterocycles.